The molecule has 0 saturated heterocycles. The maximum absolute atomic E-state index is 5.70. The number of methoxy groups -OCH3 is 2. The zero-order valence-electron chi connectivity index (χ0n) is 13.4. The summed E-state index contributed by atoms with van der Waals surface area (Å²) >= 11 is 3.27. The summed E-state index contributed by atoms with van der Waals surface area (Å²) in [5.41, 5.74) is 1.12. The van der Waals surface area contributed by atoms with Gasteiger partial charge in [0.1, 0.15) is 6.61 Å². The van der Waals surface area contributed by atoms with Gasteiger partial charge in [0.15, 0.2) is 11.5 Å². The van der Waals surface area contributed by atoms with E-state index in [1.54, 1.807) is 14.2 Å². The molecule has 1 aromatic carbocycles. The lowest BCUT2D eigenvalue weighted by Crippen LogP contribution is -2.35. The molecule has 0 aliphatic carbocycles. The molecule has 0 radical (unpaired) electrons. The van der Waals surface area contributed by atoms with Gasteiger partial charge in [-0.05, 0) is 38.5 Å². The van der Waals surface area contributed by atoms with Crippen molar-refractivity contribution in [2.45, 2.75) is 32.9 Å². The average Bonchev–Trinajstić information content (AvgIpc) is 2.41. The van der Waals surface area contributed by atoms with Crippen LogP contribution in [0.1, 0.15) is 26.3 Å². The van der Waals surface area contributed by atoms with E-state index in [0.717, 1.165) is 16.6 Å². The van der Waals surface area contributed by atoms with Crippen LogP contribution in [0.5, 0.6) is 17.2 Å². The van der Waals surface area contributed by atoms with Crippen LogP contribution in [0.3, 0.4) is 0 Å². The van der Waals surface area contributed by atoms with Crippen LogP contribution in [-0.2, 0) is 6.54 Å². The zero-order chi connectivity index (χ0) is 16.0. The quantitative estimate of drug-likeness (QED) is 0.803. The lowest BCUT2D eigenvalue weighted by Gasteiger charge is -2.22. The van der Waals surface area contributed by atoms with Crippen molar-refractivity contribution in [2.75, 3.05) is 20.8 Å². The van der Waals surface area contributed by atoms with Crippen LogP contribution < -0.4 is 19.5 Å². The highest BCUT2D eigenvalue weighted by Gasteiger charge is 2.16. The minimum absolute atomic E-state index is 0.0450. The maximum atomic E-state index is 5.70. The van der Waals surface area contributed by atoms with E-state index in [1.165, 1.54) is 0 Å². The van der Waals surface area contributed by atoms with Gasteiger partial charge in [-0.2, -0.15) is 0 Å². The van der Waals surface area contributed by atoms with Crippen molar-refractivity contribution >= 4 is 15.9 Å². The lowest BCUT2D eigenvalue weighted by atomic mass is 10.1. The molecule has 0 bridgehead atoms. The fraction of sp³-hybridized carbons (Fsp3) is 0.500. The zero-order valence-corrected chi connectivity index (χ0v) is 15.0. The van der Waals surface area contributed by atoms with Crippen molar-refractivity contribution < 1.29 is 14.2 Å². The molecule has 1 rings (SSSR count). The average molecular weight is 358 g/mol. The monoisotopic (exact) mass is 357 g/mol. The summed E-state index contributed by atoms with van der Waals surface area (Å²) in [7, 11) is 3.23. The predicted molar refractivity (Wildman–Crippen MR) is 89.7 cm³/mol. The summed E-state index contributed by atoms with van der Waals surface area (Å²) in [6.45, 7) is 11.2. The van der Waals surface area contributed by atoms with Gasteiger partial charge in [-0.1, -0.05) is 22.5 Å². The molecular formula is C16H24BrNO3. The number of hydrogen-bond donors (Lipinski definition) is 1. The largest absolute Gasteiger partial charge is 0.493 e. The molecule has 5 heteroatoms. The highest BCUT2D eigenvalue weighted by molar-refractivity contribution is 9.11. The number of rotatable bonds is 7. The number of benzene rings is 1. The minimum Gasteiger partial charge on any atom is -0.493 e. The second-order valence-electron chi connectivity index (χ2n) is 5.74. The molecule has 0 amide bonds. The van der Waals surface area contributed by atoms with Gasteiger partial charge in [-0.25, -0.2) is 0 Å². The third-order valence-electron chi connectivity index (χ3n) is 2.72. The first-order valence-corrected chi connectivity index (χ1v) is 7.52. The number of halogens is 1. The topological polar surface area (TPSA) is 39.7 Å². The molecule has 0 heterocycles. The van der Waals surface area contributed by atoms with Crippen molar-refractivity contribution in [2.24, 2.45) is 0 Å². The highest BCUT2D eigenvalue weighted by Crippen LogP contribution is 2.39. The van der Waals surface area contributed by atoms with Gasteiger partial charge in [0.25, 0.3) is 0 Å². The van der Waals surface area contributed by atoms with Crippen LogP contribution in [0.25, 0.3) is 0 Å². The molecule has 0 saturated carbocycles. The minimum atomic E-state index is 0.0450. The van der Waals surface area contributed by atoms with E-state index < -0.39 is 0 Å². The highest BCUT2D eigenvalue weighted by atomic mass is 79.9. The summed E-state index contributed by atoms with van der Waals surface area (Å²) < 4.78 is 17.3. The Morgan fingerprint density at radius 2 is 1.71 bits per heavy atom. The van der Waals surface area contributed by atoms with E-state index >= 15 is 0 Å². The second-order valence-corrected chi connectivity index (χ2v) is 6.86. The van der Waals surface area contributed by atoms with Crippen LogP contribution in [-0.4, -0.2) is 26.4 Å². The van der Waals surface area contributed by atoms with E-state index in [1.807, 2.05) is 12.1 Å². The van der Waals surface area contributed by atoms with E-state index in [-0.39, 0.29) is 5.54 Å². The van der Waals surface area contributed by atoms with Crippen LogP contribution in [0.4, 0.5) is 0 Å². The smallest absolute Gasteiger partial charge is 0.203 e. The van der Waals surface area contributed by atoms with Gasteiger partial charge < -0.3 is 19.5 Å². The normalized spacial score (nSPS) is 11.1. The first kappa shape index (κ1) is 17.9. The second kappa shape index (κ2) is 7.71. The van der Waals surface area contributed by atoms with E-state index in [4.69, 9.17) is 14.2 Å². The summed E-state index contributed by atoms with van der Waals surface area (Å²) in [4.78, 5) is 0. The van der Waals surface area contributed by atoms with Crippen molar-refractivity contribution in [1.82, 2.24) is 5.32 Å². The summed E-state index contributed by atoms with van der Waals surface area (Å²) in [5, 5.41) is 3.44. The van der Waals surface area contributed by atoms with Gasteiger partial charge in [0.2, 0.25) is 5.75 Å². The molecule has 21 heavy (non-hydrogen) atoms. The fourth-order valence-corrected chi connectivity index (χ4v) is 1.81. The van der Waals surface area contributed by atoms with Gasteiger partial charge in [-0.3, -0.25) is 0 Å². The Balaban J connectivity index is 3.02. The Morgan fingerprint density at radius 3 is 2.10 bits per heavy atom. The molecular weight excluding hydrogens is 334 g/mol. The fourth-order valence-electron chi connectivity index (χ4n) is 1.70. The molecule has 0 atom stereocenters. The first-order valence-electron chi connectivity index (χ1n) is 6.73. The first-order chi connectivity index (χ1) is 9.76. The van der Waals surface area contributed by atoms with Crippen LogP contribution in [0.2, 0.25) is 0 Å². The third-order valence-corrected chi connectivity index (χ3v) is 2.95. The Labute approximate surface area is 135 Å². The predicted octanol–water partition coefficient (Wildman–Crippen LogP) is 3.88. The van der Waals surface area contributed by atoms with Crippen LogP contribution in [0, 0.1) is 0 Å². The molecule has 0 aromatic heterocycles. The lowest BCUT2D eigenvalue weighted by molar-refractivity contribution is 0.299. The van der Waals surface area contributed by atoms with E-state index in [2.05, 4.69) is 48.6 Å². The molecule has 4 nitrogen and oxygen atoms in total. The van der Waals surface area contributed by atoms with Crippen LogP contribution in [0.15, 0.2) is 23.2 Å². The number of hydrogen-bond acceptors (Lipinski definition) is 4. The molecule has 0 aliphatic heterocycles. The maximum Gasteiger partial charge on any atom is 0.203 e. The van der Waals surface area contributed by atoms with Crippen LogP contribution >= 0.6 is 15.9 Å². The Morgan fingerprint density at radius 1 is 1.19 bits per heavy atom. The summed E-state index contributed by atoms with van der Waals surface area (Å²) in [6, 6.07) is 3.90. The standard InChI is InChI=1S/C16H24BrNO3/c1-11(17)10-21-15-13(19-5)7-12(8-14(15)20-6)9-18-16(2,3)4/h7-8,18H,1,9-10H2,2-6H3. The molecule has 0 aliphatic rings. The van der Waals surface area contributed by atoms with Gasteiger partial charge >= 0.3 is 0 Å². The van der Waals surface area contributed by atoms with E-state index in [0.29, 0.717) is 23.9 Å². The van der Waals surface area contributed by atoms with Crippen molar-refractivity contribution in [1.29, 1.82) is 0 Å². The SMILES string of the molecule is C=C(Br)COc1c(OC)cc(CNC(C)(C)C)cc1OC. The Hall–Kier alpha value is -1.20. The Kier molecular flexibility index (Phi) is 6.55. The molecule has 0 spiro atoms. The van der Waals surface area contributed by atoms with Crippen molar-refractivity contribution in [3.05, 3.63) is 28.8 Å². The molecule has 118 valence electrons. The summed E-state index contributed by atoms with van der Waals surface area (Å²) in [5.74, 6) is 1.88. The number of nitrogens with one attached hydrogen (secondary N) is 1. The Bertz CT molecular complexity index is 470. The molecule has 1 N–H and O–H groups in total. The molecule has 0 fully saturated rings. The van der Waals surface area contributed by atoms with E-state index in [9.17, 15) is 0 Å². The molecule has 1 aromatic rings. The van der Waals surface area contributed by atoms with Gasteiger partial charge in [0, 0.05) is 16.6 Å². The number of ether oxygens (including phenoxy) is 3. The van der Waals surface area contributed by atoms with Gasteiger partial charge in [-0.15, -0.1) is 0 Å². The van der Waals surface area contributed by atoms with Crippen molar-refractivity contribution in [3.8, 4) is 17.2 Å². The van der Waals surface area contributed by atoms with Crippen molar-refractivity contribution in [3.63, 3.8) is 0 Å². The summed E-state index contributed by atoms with van der Waals surface area (Å²) in [6.07, 6.45) is 0. The molecule has 0 unspecified atom stereocenters. The van der Waals surface area contributed by atoms with Gasteiger partial charge in [0.05, 0.1) is 14.2 Å². The third kappa shape index (κ3) is 5.98.